The maximum absolute atomic E-state index is 12.5. The summed E-state index contributed by atoms with van der Waals surface area (Å²) in [6, 6.07) is 4.87. The van der Waals surface area contributed by atoms with Crippen LogP contribution in [-0.2, 0) is 10.0 Å². The smallest absolute Gasteiger partial charge is 0.243 e. The van der Waals surface area contributed by atoms with Gasteiger partial charge in [0.25, 0.3) is 0 Å². The van der Waals surface area contributed by atoms with E-state index in [-0.39, 0.29) is 16.5 Å². The van der Waals surface area contributed by atoms with E-state index in [2.05, 4.69) is 20.7 Å². The van der Waals surface area contributed by atoms with Crippen LogP contribution in [0.3, 0.4) is 0 Å². The van der Waals surface area contributed by atoms with Gasteiger partial charge in [-0.25, -0.2) is 13.1 Å². The van der Waals surface area contributed by atoms with E-state index in [9.17, 15) is 8.42 Å². The maximum Gasteiger partial charge on any atom is 0.243 e. The Morgan fingerprint density at radius 1 is 1.45 bits per heavy atom. The molecule has 114 valence electrons. The van der Waals surface area contributed by atoms with Crippen molar-refractivity contribution in [3.8, 4) is 0 Å². The third-order valence-corrected chi connectivity index (χ3v) is 5.97. The summed E-state index contributed by atoms with van der Waals surface area (Å²) in [6.07, 6.45) is 0.644. The number of halogens is 2. The van der Waals surface area contributed by atoms with Crippen molar-refractivity contribution in [1.82, 2.24) is 4.72 Å². The van der Waals surface area contributed by atoms with Gasteiger partial charge in [-0.2, -0.15) is 0 Å². The third kappa shape index (κ3) is 4.43. The number of hydrogen-bond donors (Lipinski definition) is 2. The van der Waals surface area contributed by atoms with Crippen LogP contribution in [0.4, 0.5) is 0 Å². The lowest BCUT2D eigenvalue weighted by Crippen LogP contribution is -2.52. The molecule has 1 unspecified atom stereocenters. The third-order valence-electron chi connectivity index (χ3n) is 2.88. The molecule has 0 radical (unpaired) electrons. The van der Waals surface area contributed by atoms with Crippen molar-refractivity contribution in [2.45, 2.75) is 37.6 Å². The summed E-state index contributed by atoms with van der Waals surface area (Å²) in [4.78, 5) is 0.0464. The normalized spacial score (nSPS) is 15.3. The van der Waals surface area contributed by atoms with Crippen molar-refractivity contribution >= 4 is 37.6 Å². The molecule has 4 nitrogen and oxygen atoms in total. The van der Waals surface area contributed by atoms with E-state index in [1.807, 2.05) is 13.8 Å². The van der Waals surface area contributed by atoms with Crippen LogP contribution in [0.1, 0.15) is 27.2 Å². The highest BCUT2D eigenvalue weighted by atomic mass is 79.9. The molecule has 3 N–H and O–H groups in total. The topological polar surface area (TPSA) is 72.2 Å². The van der Waals surface area contributed by atoms with Gasteiger partial charge in [-0.15, -0.1) is 0 Å². The van der Waals surface area contributed by atoms with E-state index < -0.39 is 15.6 Å². The second-order valence-electron chi connectivity index (χ2n) is 5.52. The molecule has 0 saturated carbocycles. The molecule has 0 bridgehead atoms. The Morgan fingerprint density at radius 2 is 2.05 bits per heavy atom. The molecule has 0 aromatic heterocycles. The van der Waals surface area contributed by atoms with Gasteiger partial charge in [-0.3, -0.25) is 0 Å². The van der Waals surface area contributed by atoms with Gasteiger partial charge in [-0.05, 0) is 47.3 Å². The lowest BCUT2D eigenvalue weighted by Gasteiger charge is -2.31. The molecule has 1 aromatic carbocycles. The SMILES string of the molecule is CC(C)CC(C)(CN)NS(=O)(=O)c1c(Cl)cccc1Br. The first-order chi connectivity index (χ1) is 9.11. The predicted octanol–water partition coefficient (Wildman–Crippen LogP) is 3.14. The Kier molecular flexibility index (Phi) is 6.04. The number of hydrogen-bond acceptors (Lipinski definition) is 3. The predicted molar refractivity (Wildman–Crippen MR) is 86.4 cm³/mol. The first-order valence-corrected chi connectivity index (χ1v) is 8.95. The lowest BCUT2D eigenvalue weighted by atomic mass is 9.92. The van der Waals surface area contributed by atoms with Crippen LogP contribution in [0.15, 0.2) is 27.6 Å². The Bertz CT molecular complexity index is 557. The molecule has 0 heterocycles. The average Bonchev–Trinajstić information content (AvgIpc) is 2.26. The number of nitrogens with one attached hydrogen (secondary N) is 1. The first kappa shape index (κ1) is 17.9. The minimum atomic E-state index is -3.75. The Morgan fingerprint density at radius 3 is 2.50 bits per heavy atom. The van der Waals surface area contributed by atoms with Crippen molar-refractivity contribution in [2.75, 3.05) is 6.54 Å². The van der Waals surface area contributed by atoms with Crippen molar-refractivity contribution in [1.29, 1.82) is 0 Å². The van der Waals surface area contributed by atoms with E-state index in [0.29, 0.717) is 16.8 Å². The van der Waals surface area contributed by atoms with E-state index in [4.69, 9.17) is 17.3 Å². The zero-order valence-corrected chi connectivity index (χ0v) is 14.9. The number of rotatable bonds is 6. The summed E-state index contributed by atoms with van der Waals surface area (Å²) in [7, 11) is -3.75. The van der Waals surface area contributed by atoms with Gasteiger partial charge < -0.3 is 5.73 Å². The van der Waals surface area contributed by atoms with Crippen LogP contribution in [0.25, 0.3) is 0 Å². The average molecular weight is 384 g/mol. The van der Waals surface area contributed by atoms with Crippen LogP contribution in [0, 0.1) is 5.92 Å². The van der Waals surface area contributed by atoms with Crippen LogP contribution in [0.2, 0.25) is 5.02 Å². The van der Waals surface area contributed by atoms with E-state index >= 15 is 0 Å². The van der Waals surface area contributed by atoms with Crippen molar-refractivity contribution < 1.29 is 8.42 Å². The fourth-order valence-corrected chi connectivity index (χ4v) is 5.35. The second kappa shape index (κ2) is 6.75. The van der Waals surface area contributed by atoms with Gasteiger partial charge in [0.2, 0.25) is 10.0 Å². The lowest BCUT2D eigenvalue weighted by molar-refractivity contribution is 0.344. The molecule has 0 aliphatic rings. The highest BCUT2D eigenvalue weighted by molar-refractivity contribution is 9.10. The summed E-state index contributed by atoms with van der Waals surface area (Å²) in [5.41, 5.74) is 5.04. The van der Waals surface area contributed by atoms with E-state index in [0.717, 1.165) is 0 Å². The molecule has 0 fully saturated rings. The van der Waals surface area contributed by atoms with Gasteiger partial charge in [0.1, 0.15) is 4.90 Å². The molecule has 0 amide bonds. The summed E-state index contributed by atoms with van der Waals surface area (Å²) >= 11 is 9.24. The summed E-state index contributed by atoms with van der Waals surface area (Å²) in [5.74, 6) is 0.320. The minimum absolute atomic E-state index is 0.0464. The molecule has 1 rings (SSSR count). The molecule has 1 atom stereocenters. The zero-order valence-electron chi connectivity index (χ0n) is 11.8. The van der Waals surface area contributed by atoms with Crippen molar-refractivity contribution in [2.24, 2.45) is 11.7 Å². The van der Waals surface area contributed by atoms with Gasteiger partial charge in [-0.1, -0.05) is 31.5 Å². The molecule has 1 aromatic rings. The molecule has 0 aliphatic carbocycles. The minimum Gasteiger partial charge on any atom is -0.329 e. The van der Waals surface area contributed by atoms with E-state index in [1.54, 1.807) is 25.1 Å². The fourth-order valence-electron chi connectivity index (χ4n) is 2.18. The largest absolute Gasteiger partial charge is 0.329 e. The summed E-state index contributed by atoms with van der Waals surface area (Å²) in [6.45, 7) is 6.06. The molecule has 20 heavy (non-hydrogen) atoms. The first-order valence-electron chi connectivity index (χ1n) is 6.29. The quantitative estimate of drug-likeness (QED) is 0.792. The number of nitrogens with two attached hydrogens (primary N) is 1. The Hall–Kier alpha value is -0.140. The van der Waals surface area contributed by atoms with Crippen LogP contribution < -0.4 is 10.5 Å². The van der Waals surface area contributed by atoms with Crippen molar-refractivity contribution in [3.63, 3.8) is 0 Å². The molecule has 7 heteroatoms. The number of sulfonamides is 1. The maximum atomic E-state index is 12.5. The molecular weight excluding hydrogens is 364 g/mol. The monoisotopic (exact) mass is 382 g/mol. The molecule has 0 saturated heterocycles. The summed E-state index contributed by atoms with van der Waals surface area (Å²) in [5, 5.41) is 0.177. The fraction of sp³-hybridized carbons (Fsp3) is 0.538. The van der Waals surface area contributed by atoms with Crippen LogP contribution in [0.5, 0.6) is 0 Å². The highest BCUT2D eigenvalue weighted by Crippen LogP contribution is 2.30. The van der Waals surface area contributed by atoms with Gasteiger partial charge in [0.15, 0.2) is 0 Å². The van der Waals surface area contributed by atoms with Crippen LogP contribution >= 0.6 is 27.5 Å². The van der Waals surface area contributed by atoms with E-state index in [1.165, 1.54) is 0 Å². The van der Waals surface area contributed by atoms with Crippen molar-refractivity contribution in [3.05, 3.63) is 27.7 Å². The Balaban J connectivity index is 3.18. The molecule has 0 spiro atoms. The second-order valence-corrected chi connectivity index (χ2v) is 8.40. The Labute approximate surface area is 134 Å². The van der Waals surface area contributed by atoms with Gasteiger partial charge in [0.05, 0.1) is 5.02 Å². The number of benzene rings is 1. The highest BCUT2D eigenvalue weighted by Gasteiger charge is 2.32. The van der Waals surface area contributed by atoms with Gasteiger partial charge >= 0.3 is 0 Å². The van der Waals surface area contributed by atoms with Crippen LogP contribution in [-0.4, -0.2) is 20.5 Å². The standard InChI is InChI=1S/C13H20BrClN2O2S/c1-9(2)7-13(3,8-16)17-20(18,19)12-10(14)5-4-6-11(12)15/h4-6,9,17H,7-8,16H2,1-3H3. The molecule has 0 aliphatic heterocycles. The molecular formula is C13H20BrClN2O2S. The summed E-state index contributed by atoms with van der Waals surface area (Å²) < 4.78 is 28.2. The zero-order chi connectivity index (χ0) is 15.6. The van der Waals surface area contributed by atoms with Gasteiger partial charge in [0, 0.05) is 16.6 Å².